The third-order valence-electron chi connectivity index (χ3n) is 3.15. The molecule has 3 nitrogen and oxygen atoms in total. The van der Waals surface area contributed by atoms with Crippen molar-refractivity contribution in [3.63, 3.8) is 0 Å². The lowest BCUT2D eigenvalue weighted by Crippen LogP contribution is -2.20. The molecule has 0 aliphatic heterocycles. The molecule has 0 bridgehead atoms. The number of aliphatic hydroxyl groups is 2. The summed E-state index contributed by atoms with van der Waals surface area (Å²) in [5.74, 6) is 5.71. The van der Waals surface area contributed by atoms with Crippen LogP contribution in [-0.4, -0.2) is 29.0 Å². The molecule has 0 fully saturated rings. The smallest absolute Gasteiger partial charge is 0.117 e. The van der Waals surface area contributed by atoms with E-state index in [9.17, 15) is 5.11 Å². The second-order valence-electron chi connectivity index (χ2n) is 5.11. The van der Waals surface area contributed by atoms with E-state index in [1.165, 1.54) is 0 Å². The summed E-state index contributed by atoms with van der Waals surface area (Å²) < 4.78 is 5.90. The molecule has 0 amide bonds. The van der Waals surface area contributed by atoms with Gasteiger partial charge in [0, 0.05) is 19.4 Å². The first-order chi connectivity index (χ1) is 10.3. The molecule has 1 rings (SSSR count). The van der Waals surface area contributed by atoms with Crippen molar-refractivity contribution in [2.75, 3.05) is 6.61 Å². The third-order valence-corrected chi connectivity index (χ3v) is 3.15. The summed E-state index contributed by atoms with van der Waals surface area (Å²) in [6.45, 7) is 2.82. The number of rotatable bonds is 9. The first kappa shape index (κ1) is 17.7. The third kappa shape index (κ3) is 8.52. The molecule has 0 aliphatic rings. The topological polar surface area (TPSA) is 49.7 Å². The maximum absolute atomic E-state index is 9.93. The van der Waals surface area contributed by atoms with Crippen molar-refractivity contribution in [2.45, 2.75) is 57.8 Å². The molecule has 3 heteroatoms. The Kier molecular flexibility index (Phi) is 9.56. The van der Waals surface area contributed by atoms with Gasteiger partial charge in [-0.1, -0.05) is 49.6 Å². The fourth-order valence-electron chi connectivity index (χ4n) is 2.04. The SMILES string of the molecule is CCC[C@@H](CC(O)C#CCCCO)OCc1ccccc1. The van der Waals surface area contributed by atoms with Gasteiger partial charge in [0.15, 0.2) is 0 Å². The number of aliphatic hydroxyl groups excluding tert-OH is 2. The Hall–Kier alpha value is -1.34. The maximum Gasteiger partial charge on any atom is 0.117 e. The van der Waals surface area contributed by atoms with Crippen LogP contribution in [0.1, 0.15) is 44.6 Å². The summed E-state index contributed by atoms with van der Waals surface area (Å²) in [7, 11) is 0. The minimum Gasteiger partial charge on any atom is -0.396 e. The number of hydrogen-bond acceptors (Lipinski definition) is 3. The zero-order valence-electron chi connectivity index (χ0n) is 12.8. The summed E-state index contributed by atoms with van der Waals surface area (Å²) >= 11 is 0. The van der Waals surface area contributed by atoms with E-state index >= 15 is 0 Å². The van der Waals surface area contributed by atoms with Crippen molar-refractivity contribution in [3.05, 3.63) is 35.9 Å². The predicted octanol–water partition coefficient (Wildman–Crippen LogP) is 2.90. The average Bonchev–Trinajstić information content (AvgIpc) is 2.50. The standard InChI is InChI=1S/C18H26O3/c1-2-9-18(14-17(20)12-7-4-8-13-19)21-15-16-10-5-3-6-11-16/h3,5-6,10-11,17-20H,2,4,8-9,13-15H2,1H3/t17?,18-/m0/s1. The van der Waals surface area contributed by atoms with Crippen LogP contribution in [0.5, 0.6) is 0 Å². The van der Waals surface area contributed by atoms with Gasteiger partial charge in [0.1, 0.15) is 6.10 Å². The molecule has 0 aromatic heterocycles. The van der Waals surface area contributed by atoms with Crippen LogP contribution in [0.3, 0.4) is 0 Å². The Balaban J connectivity index is 2.39. The minimum absolute atomic E-state index is 0.0253. The van der Waals surface area contributed by atoms with Crippen molar-refractivity contribution in [1.82, 2.24) is 0 Å². The van der Waals surface area contributed by atoms with Crippen LogP contribution in [0.15, 0.2) is 30.3 Å². The molecule has 116 valence electrons. The van der Waals surface area contributed by atoms with E-state index in [1.54, 1.807) is 0 Å². The fourth-order valence-corrected chi connectivity index (χ4v) is 2.04. The molecule has 0 aliphatic carbocycles. The molecule has 0 heterocycles. The Bertz CT molecular complexity index is 419. The lowest BCUT2D eigenvalue weighted by Gasteiger charge is -2.18. The van der Waals surface area contributed by atoms with Crippen LogP contribution >= 0.6 is 0 Å². The first-order valence-corrected chi connectivity index (χ1v) is 7.69. The molecule has 2 N–H and O–H groups in total. The summed E-state index contributed by atoms with van der Waals surface area (Å²) in [5.41, 5.74) is 1.14. The van der Waals surface area contributed by atoms with Crippen molar-refractivity contribution in [1.29, 1.82) is 0 Å². The molecule has 1 unspecified atom stereocenters. The molecule has 1 aromatic carbocycles. The molecule has 0 spiro atoms. The highest BCUT2D eigenvalue weighted by molar-refractivity contribution is 5.13. The predicted molar refractivity (Wildman–Crippen MR) is 84.6 cm³/mol. The number of unbranched alkanes of at least 4 members (excludes halogenated alkanes) is 1. The van der Waals surface area contributed by atoms with E-state index in [4.69, 9.17) is 9.84 Å². The normalized spacial score (nSPS) is 13.3. The summed E-state index contributed by atoms with van der Waals surface area (Å²) in [4.78, 5) is 0. The van der Waals surface area contributed by atoms with Gasteiger partial charge in [0.25, 0.3) is 0 Å². The van der Waals surface area contributed by atoms with Gasteiger partial charge in [-0.25, -0.2) is 0 Å². The summed E-state index contributed by atoms with van der Waals surface area (Å²) in [6.07, 6.45) is 3.12. The Morgan fingerprint density at radius 3 is 2.67 bits per heavy atom. The zero-order chi connectivity index (χ0) is 15.3. The van der Waals surface area contributed by atoms with E-state index in [0.717, 1.165) is 18.4 Å². The van der Waals surface area contributed by atoms with Crippen LogP contribution in [0.2, 0.25) is 0 Å². The van der Waals surface area contributed by atoms with E-state index in [0.29, 0.717) is 25.9 Å². The van der Waals surface area contributed by atoms with E-state index in [1.807, 2.05) is 30.3 Å². The van der Waals surface area contributed by atoms with Crippen molar-refractivity contribution in [2.24, 2.45) is 0 Å². The molecule has 0 radical (unpaired) electrons. The Morgan fingerprint density at radius 1 is 1.24 bits per heavy atom. The van der Waals surface area contributed by atoms with Crippen LogP contribution in [0.4, 0.5) is 0 Å². The second kappa shape index (κ2) is 11.3. The van der Waals surface area contributed by atoms with E-state index in [-0.39, 0.29) is 12.7 Å². The first-order valence-electron chi connectivity index (χ1n) is 7.69. The van der Waals surface area contributed by atoms with Crippen LogP contribution in [0.25, 0.3) is 0 Å². The molecule has 21 heavy (non-hydrogen) atoms. The van der Waals surface area contributed by atoms with Gasteiger partial charge in [-0.05, 0) is 18.4 Å². The molecule has 0 saturated heterocycles. The number of benzene rings is 1. The van der Waals surface area contributed by atoms with Crippen molar-refractivity contribution >= 4 is 0 Å². The highest BCUT2D eigenvalue weighted by atomic mass is 16.5. The monoisotopic (exact) mass is 290 g/mol. The fraction of sp³-hybridized carbons (Fsp3) is 0.556. The minimum atomic E-state index is -0.656. The van der Waals surface area contributed by atoms with Gasteiger partial charge in [-0.3, -0.25) is 0 Å². The largest absolute Gasteiger partial charge is 0.396 e. The quantitative estimate of drug-likeness (QED) is 0.543. The second-order valence-corrected chi connectivity index (χ2v) is 5.11. The van der Waals surface area contributed by atoms with Gasteiger partial charge in [-0.2, -0.15) is 0 Å². The number of hydrogen-bond donors (Lipinski definition) is 2. The highest BCUT2D eigenvalue weighted by Gasteiger charge is 2.13. The molecular formula is C18H26O3. The lowest BCUT2D eigenvalue weighted by atomic mass is 10.1. The maximum atomic E-state index is 9.93. The van der Waals surface area contributed by atoms with Gasteiger partial charge in [0.05, 0.1) is 12.7 Å². The molecule has 0 saturated carbocycles. The van der Waals surface area contributed by atoms with Crippen LogP contribution < -0.4 is 0 Å². The van der Waals surface area contributed by atoms with Gasteiger partial charge >= 0.3 is 0 Å². The Morgan fingerprint density at radius 2 is 2.00 bits per heavy atom. The highest BCUT2D eigenvalue weighted by Crippen LogP contribution is 2.13. The van der Waals surface area contributed by atoms with Gasteiger partial charge in [0.2, 0.25) is 0 Å². The molecule has 1 aromatic rings. The van der Waals surface area contributed by atoms with Crippen LogP contribution in [-0.2, 0) is 11.3 Å². The van der Waals surface area contributed by atoms with Gasteiger partial charge < -0.3 is 14.9 Å². The van der Waals surface area contributed by atoms with E-state index in [2.05, 4.69) is 18.8 Å². The average molecular weight is 290 g/mol. The lowest BCUT2D eigenvalue weighted by molar-refractivity contribution is 0.00935. The van der Waals surface area contributed by atoms with Gasteiger partial charge in [-0.15, -0.1) is 5.92 Å². The van der Waals surface area contributed by atoms with Crippen molar-refractivity contribution in [3.8, 4) is 11.8 Å². The van der Waals surface area contributed by atoms with E-state index < -0.39 is 6.10 Å². The summed E-state index contributed by atoms with van der Waals surface area (Å²) in [6, 6.07) is 10.0. The zero-order valence-corrected chi connectivity index (χ0v) is 12.8. The van der Waals surface area contributed by atoms with Crippen molar-refractivity contribution < 1.29 is 14.9 Å². The summed E-state index contributed by atoms with van der Waals surface area (Å²) in [5, 5.41) is 18.6. The molecular weight excluding hydrogens is 264 g/mol. The number of ether oxygens (including phenoxy) is 1. The Labute approximate surface area is 128 Å². The van der Waals surface area contributed by atoms with Crippen LogP contribution in [0, 0.1) is 11.8 Å². The molecule has 2 atom stereocenters.